The molecule has 0 saturated carbocycles. The first kappa shape index (κ1) is 71.7. The number of ketones is 2. The van der Waals surface area contributed by atoms with Crippen LogP contribution in [0.1, 0.15) is 119 Å². The second-order valence-electron chi connectivity index (χ2n) is 10.7. The van der Waals surface area contributed by atoms with Gasteiger partial charge in [-0.3, -0.25) is 14.4 Å². The van der Waals surface area contributed by atoms with E-state index in [4.69, 9.17) is 33.9 Å². The van der Waals surface area contributed by atoms with E-state index in [1.807, 2.05) is 13.8 Å². The van der Waals surface area contributed by atoms with Crippen molar-refractivity contribution in [3.05, 3.63) is 70.4 Å². The number of Topliss-reactive ketones (excluding diaryl/α,β-unsaturated/α-hetero) is 2. The molecule has 61 heavy (non-hydrogen) atoms. The van der Waals surface area contributed by atoms with Crippen LogP contribution in [0.5, 0.6) is 0 Å². The predicted octanol–water partition coefficient (Wildman–Crippen LogP) is -1.23. The van der Waals surface area contributed by atoms with Crippen molar-refractivity contribution in [3.8, 4) is 0 Å². The van der Waals surface area contributed by atoms with E-state index < -0.39 is 17.9 Å². The van der Waals surface area contributed by atoms with Gasteiger partial charge in [-0.2, -0.15) is 0 Å². The Bertz CT molecular complexity index is 1560. The Labute approximate surface area is 404 Å². The van der Waals surface area contributed by atoms with Crippen LogP contribution in [-0.4, -0.2) is 112 Å². The van der Waals surface area contributed by atoms with Gasteiger partial charge in [0.1, 0.15) is 47.3 Å². The van der Waals surface area contributed by atoms with E-state index in [1.54, 1.807) is 69.2 Å². The molecule has 19 nitrogen and oxygen atoms in total. The van der Waals surface area contributed by atoms with E-state index in [0.717, 1.165) is 0 Å². The zero-order valence-corrected chi connectivity index (χ0v) is 43.0. The van der Waals surface area contributed by atoms with E-state index >= 15 is 0 Å². The minimum Gasteiger partial charge on any atom is -0.870 e. The second kappa shape index (κ2) is 45.7. The van der Waals surface area contributed by atoms with Crippen LogP contribution in [0.25, 0.3) is 0 Å². The molecule has 0 aliphatic carbocycles. The average Bonchev–Trinajstić information content (AvgIpc) is 3.10. The molecular weight excluding hydrogens is 822 g/mol. The summed E-state index contributed by atoms with van der Waals surface area (Å²) >= 11 is 0. The van der Waals surface area contributed by atoms with Crippen molar-refractivity contribution in [2.45, 2.75) is 103 Å². The molecule has 0 aromatic carbocycles. The number of esters is 3. The van der Waals surface area contributed by atoms with Gasteiger partial charge in [0.2, 0.25) is 0 Å². The van der Waals surface area contributed by atoms with Crippen LogP contribution in [0.4, 0.5) is 0 Å². The van der Waals surface area contributed by atoms with Gasteiger partial charge in [-0.15, -0.1) is 6.61 Å². The fourth-order valence-corrected chi connectivity index (χ4v) is 3.80. The first-order chi connectivity index (χ1) is 27.2. The van der Waals surface area contributed by atoms with Crippen LogP contribution >= 0.6 is 0 Å². The van der Waals surface area contributed by atoms with Gasteiger partial charge in [0.05, 0.1) is 62.4 Å². The Balaban J connectivity index is -0.000000117. The maximum atomic E-state index is 11.4. The van der Waals surface area contributed by atoms with Gasteiger partial charge >= 0.3 is 83.0 Å². The van der Waals surface area contributed by atoms with Crippen molar-refractivity contribution in [3.63, 3.8) is 0 Å². The molecule has 0 amide bonds. The first-order valence-corrected chi connectivity index (χ1v) is 18.4. The largest absolute Gasteiger partial charge is 1.00 e. The normalized spacial score (nSPS) is 9.16. The quantitative estimate of drug-likeness (QED) is 0.0417. The minimum atomic E-state index is -0.972. The Morgan fingerprint density at radius 3 is 1.23 bits per heavy atom. The monoisotopic (exact) mass is 886 g/mol. The van der Waals surface area contributed by atoms with Gasteiger partial charge in [-0.05, 0) is 96.6 Å². The van der Waals surface area contributed by atoms with E-state index in [9.17, 15) is 28.8 Å². The SMILES string of the molecule is C=C(OCC)OCC.CCOC(=O)/C(C(C)=O)=C(/C)OCC.CCOC(=O)CC(C)=O.CCOC(=O)c1c(C)ncnc1C.CC[O-].Cc1ncnc(C)c1C(=O)O.[Na+].[Na+].[OH-]. The number of nitrogens with zero attached hydrogens (tertiary/aromatic N) is 4. The summed E-state index contributed by atoms with van der Waals surface area (Å²) in [5, 5.41) is 17.6. The third-order valence-electron chi connectivity index (χ3n) is 6.00. The zero-order chi connectivity index (χ0) is 45.8. The van der Waals surface area contributed by atoms with Crippen molar-refractivity contribution in [2.75, 3.05) is 46.2 Å². The molecule has 0 bridgehead atoms. The molecule has 2 aromatic rings. The molecule has 0 unspecified atom stereocenters. The third-order valence-corrected chi connectivity index (χ3v) is 6.00. The number of hydrogen-bond donors (Lipinski definition) is 1. The molecule has 0 saturated heterocycles. The fraction of sp³-hybridized carbons (Fsp3) is 0.550. The summed E-state index contributed by atoms with van der Waals surface area (Å²) in [4.78, 5) is 80.4. The molecule has 0 aliphatic heterocycles. The van der Waals surface area contributed by atoms with Crippen LogP contribution in [0.15, 0.2) is 36.5 Å². The number of carboxylic acids is 1. The Morgan fingerprint density at radius 1 is 0.607 bits per heavy atom. The van der Waals surface area contributed by atoms with E-state index in [1.165, 1.54) is 26.5 Å². The fourth-order valence-electron chi connectivity index (χ4n) is 3.80. The van der Waals surface area contributed by atoms with E-state index in [2.05, 4.69) is 31.3 Å². The van der Waals surface area contributed by atoms with Crippen molar-refractivity contribution < 1.29 is 132 Å². The summed E-state index contributed by atoms with van der Waals surface area (Å²) in [5.74, 6) is -2.15. The number of aryl methyl sites for hydroxylation is 4. The summed E-state index contributed by atoms with van der Waals surface area (Å²) in [7, 11) is 0. The summed E-state index contributed by atoms with van der Waals surface area (Å²) in [5.41, 5.74) is 3.00. The number of carboxylic acid groups (broad SMARTS) is 1. The van der Waals surface area contributed by atoms with Crippen molar-refractivity contribution in [1.29, 1.82) is 0 Å². The molecule has 0 radical (unpaired) electrons. The van der Waals surface area contributed by atoms with E-state index in [-0.39, 0.29) is 113 Å². The molecule has 2 N–H and O–H groups in total. The second-order valence-corrected chi connectivity index (χ2v) is 10.7. The molecule has 0 atom stereocenters. The molecular formula is C40H64N4Na2O15. The Hall–Kier alpha value is -3.82. The zero-order valence-electron chi connectivity index (χ0n) is 39.0. The number of carbonyl (C=O) groups is 6. The van der Waals surface area contributed by atoms with Gasteiger partial charge in [0.15, 0.2) is 5.78 Å². The number of allylic oxidation sites excluding steroid dienone is 1. The van der Waals surface area contributed by atoms with Crippen molar-refractivity contribution in [1.82, 2.24) is 19.9 Å². The molecule has 0 spiro atoms. The predicted molar refractivity (Wildman–Crippen MR) is 214 cm³/mol. The van der Waals surface area contributed by atoms with Gasteiger partial charge in [-0.25, -0.2) is 34.3 Å². The molecule has 0 fully saturated rings. The minimum absolute atomic E-state index is 0. The summed E-state index contributed by atoms with van der Waals surface area (Å²) in [6.45, 7) is 29.5. The smallest absolute Gasteiger partial charge is 0.870 e. The van der Waals surface area contributed by atoms with Gasteiger partial charge in [-0.1, -0.05) is 6.92 Å². The molecule has 2 rings (SSSR count). The standard InChI is InChI=1S/C10H16O4.C9H12N2O2.C7H8N2O2.C6H10O3.C6H12O2.C2H5O.2Na.H2O/c1-5-13-8(4)9(7(3)11)10(12)14-6-2;1-4-13-9(12)8-6(2)10-5-11-7(8)3;1-4-6(7(10)11)5(2)9-3-8-4;1-3-9-6(8)4-5(2)7;1-4-7-6(3)8-5-2;1-2-3;;;/h5-6H2,1-4H3;5H,4H2,1-3H3;3H,1-2H3,(H,10,11);3-4H2,1-2H3;3-5H2,1-2H3;2H2,1H3;;;1H2/q;;;;;-1;2*+1;/p-1/b9-8-;;;;;;;;. The number of ether oxygens (including phenoxy) is 6. The maximum Gasteiger partial charge on any atom is 1.00 e. The average molecular weight is 887 g/mol. The summed E-state index contributed by atoms with van der Waals surface area (Å²) in [6.07, 6.45) is 2.69. The molecule has 2 heterocycles. The Morgan fingerprint density at radius 2 is 0.951 bits per heavy atom. The molecule has 2 aromatic heterocycles. The topological polar surface area (TPSA) is 283 Å². The van der Waals surface area contributed by atoms with Crippen LogP contribution in [0.2, 0.25) is 0 Å². The Kier molecular flexibility index (Phi) is 53.7. The first-order valence-electron chi connectivity index (χ1n) is 18.4. The number of hydrogen-bond acceptors (Lipinski definition) is 18. The summed E-state index contributed by atoms with van der Waals surface area (Å²) < 4.78 is 28.9. The van der Waals surface area contributed by atoms with Gasteiger partial charge < -0.3 is 44.1 Å². The molecule has 0 aliphatic rings. The van der Waals surface area contributed by atoms with Crippen LogP contribution in [-0.2, 0) is 47.6 Å². The number of rotatable bonds is 15. The van der Waals surface area contributed by atoms with Crippen LogP contribution < -0.4 is 64.2 Å². The van der Waals surface area contributed by atoms with Gasteiger partial charge in [0, 0.05) is 0 Å². The van der Waals surface area contributed by atoms with Gasteiger partial charge in [0.25, 0.3) is 5.95 Å². The summed E-state index contributed by atoms with van der Waals surface area (Å²) in [6, 6.07) is 0. The van der Waals surface area contributed by atoms with Crippen LogP contribution in [0, 0.1) is 27.7 Å². The number of aromatic nitrogens is 4. The van der Waals surface area contributed by atoms with Crippen molar-refractivity contribution in [2.24, 2.45) is 0 Å². The number of aromatic carboxylic acids is 1. The van der Waals surface area contributed by atoms with Crippen LogP contribution in [0.3, 0.4) is 0 Å². The van der Waals surface area contributed by atoms with E-state index in [0.29, 0.717) is 73.1 Å². The third kappa shape index (κ3) is 37.7. The van der Waals surface area contributed by atoms with Crippen molar-refractivity contribution >= 4 is 35.4 Å². The number of carbonyl (C=O) groups excluding carboxylic acids is 5. The molecule has 21 heteroatoms. The molecule has 336 valence electrons. The maximum absolute atomic E-state index is 11.4.